The van der Waals surface area contributed by atoms with Crippen LogP contribution in [0, 0.1) is 0 Å². The van der Waals surface area contributed by atoms with Gasteiger partial charge in [0.1, 0.15) is 5.75 Å². The Hall–Kier alpha value is -2.73. The zero-order valence-electron chi connectivity index (χ0n) is 11.7. The maximum Gasteiger partial charge on any atom is 0.228 e. The van der Waals surface area contributed by atoms with Gasteiger partial charge in [0.25, 0.3) is 0 Å². The zero-order chi connectivity index (χ0) is 15.4. The van der Waals surface area contributed by atoms with Crippen molar-refractivity contribution in [2.45, 2.75) is 0 Å². The van der Waals surface area contributed by atoms with Gasteiger partial charge in [-0.15, -0.1) is 5.10 Å². The van der Waals surface area contributed by atoms with Gasteiger partial charge in [0, 0.05) is 24.2 Å². The van der Waals surface area contributed by atoms with Crippen LogP contribution in [0.5, 0.6) is 5.75 Å². The van der Waals surface area contributed by atoms with Crippen molar-refractivity contribution in [3.63, 3.8) is 0 Å². The molecule has 0 bridgehead atoms. The molecule has 7 heteroatoms. The Labute approximate surface area is 132 Å². The maximum atomic E-state index is 6.02. The smallest absolute Gasteiger partial charge is 0.228 e. The number of hydrogen-bond donors (Lipinski definition) is 1. The van der Waals surface area contributed by atoms with Crippen LogP contribution in [-0.2, 0) is 0 Å². The second-order valence-corrected chi connectivity index (χ2v) is 4.79. The first-order chi connectivity index (χ1) is 10.8. The van der Waals surface area contributed by atoms with E-state index in [2.05, 4.69) is 25.5 Å². The Morgan fingerprint density at radius 2 is 1.91 bits per heavy atom. The monoisotopic (exact) mass is 313 g/mol. The number of nitrogens with zero attached hydrogens (tertiary/aromatic N) is 4. The molecule has 0 aliphatic rings. The summed E-state index contributed by atoms with van der Waals surface area (Å²) in [6.07, 6.45) is 5.03. The third-order valence-electron chi connectivity index (χ3n) is 2.95. The van der Waals surface area contributed by atoms with Crippen LogP contribution in [0.15, 0.2) is 48.9 Å². The number of hydrogen-bond acceptors (Lipinski definition) is 6. The first kappa shape index (κ1) is 14.2. The molecule has 1 N–H and O–H groups in total. The zero-order valence-corrected chi connectivity index (χ0v) is 12.4. The molecule has 0 unspecified atom stereocenters. The summed E-state index contributed by atoms with van der Waals surface area (Å²) in [4.78, 5) is 8.53. The highest BCUT2D eigenvalue weighted by Crippen LogP contribution is 2.30. The van der Waals surface area contributed by atoms with Crippen LogP contribution in [0.4, 0.5) is 11.8 Å². The molecule has 0 saturated heterocycles. The van der Waals surface area contributed by atoms with Crippen molar-refractivity contribution >= 4 is 23.4 Å². The Balaban J connectivity index is 1.82. The maximum absolute atomic E-state index is 6.02. The van der Waals surface area contributed by atoms with E-state index in [0.29, 0.717) is 22.5 Å². The van der Waals surface area contributed by atoms with Crippen LogP contribution in [-0.4, -0.2) is 27.3 Å². The van der Waals surface area contributed by atoms with Crippen LogP contribution in [0.2, 0.25) is 5.02 Å². The third-order valence-corrected chi connectivity index (χ3v) is 3.26. The molecule has 3 aromatic rings. The van der Waals surface area contributed by atoms with Crippen LogP contribution >= 0.6 is 11.6 Å². The Kier molecular flexibility index (Phi) is 4.11. The lowest BCUT2D eigenvalue weighted by Gasteiger charge is -2.07. The van der Waals surface area contributed by atoms with E-state index >= 15 is 0 Å². The number of anilines is 2. The summed E-state index contributed by atoms with van der Waals surface area (Å²) in [5.41, 5.74) is 1.78. The van der Waals surface area contributed by atoms with Crippen molar-refractivity contribution in [3.8, 4) is 16.9 Å². The molecule has 0 aliphatic heterocycles. The largest absolute Gasteiger partial charge is 0.495 e. The quantitative estimate of drug-likeness (QED) is 0.796. The highest BCUT2D eigenvalue weighted by molar-refractivity contribution is 6.32. The second kappa shape index (κ2) is 6.36. The number of nitrogens with one attached hydrogen (secondary N) is 1. The van der Waals surface area contributed by atoms with Crippen LogP contribution in [0.25, 0.3) is 11.1 Å². The summed E-state index contributed by atoms with van der Waals surface area (Å²) in [6, 6.07) is 9.08. The van der Waals surface area contributed by atoms with E-state index < -0.39 is 0 Å². The molecule has 0 fully saturated rings. The molecule has 1 aromatic carbocycles. The standard InChI is InChI=1S/C15H12ClN5O/c1-22-13-7-10(4-5-12(13)16)11-8-17-15(18-9-11)20-14-3-2-6-19-21-14/h2-9H,1H3,(H,17,18,20,21). The van der Waals surface area contributed by atoms with E-state index in [4.69, 9.17) is 16.3 Å². The molecule has 2 heterocycles. The highest BCUT2D eigenvalue weighted by atomic mass is 35.5. The van der Waals surface area contributed by atoms with Crippen molar-refractivity contribution in [2.24, 2.45) is 0 Å². The molecule has 0 amide bonds. The lowest BCUT2D eigenvalue weighted by atomic mass is 10.1. The molecule has 110 valence electrons. The number of benzene rings is 1. The van der Waals surface area contributed by atoms with E-state index in [0.717, 1.165) is 11.1 Å². The van der Waals surface area contributed by atoms with Gasteiger partial charge in [-0.1, -0.05) is 17.7 Å². The molecule has 0 atom stereocenters. The topological polar surface area (TPSA) is 72.8 Å². The molecular weight excluding hydrogens is 302 g/mol. The van der Waals surface area contributed by atoms with Crippen molar-refractivity contribution in [1.82, 2.24) is 20.2 Å². The molecule has 2 aromatic heterocycles. The highest BCUT2D eigenvalue weighted by Gasteiger charge is 2.06. The normalized spacial score (nSPS) is 10.3. The summed E-state index contributed by atoms with van der Waals surface area (Å²) in [5, 5.41) is 11.2. The van der Waals surface area contributed by atoms with Gasteiger partial charge < -0.3 is 10.1 Å². The summed E-state index contributed by atoms with van der Waals surface area (Å²) in [6.45, 7) is 0. The average molecular weight is 314 g/mol. The van der Waals surface area contributed by atoms with Gasteiger partial charge in [-0.3, -0.25) is 0 Å². The molecule has 22 heavy (non-hydrogen) atoms. The fourth-order valence-corrected chi connectivity index (χ4v) is 2.06. The van der Waals surface area contributed by atoms with Gasteiger partial charge in [0.05, 0.1) is 12.1 Å². The summed E-state index contributed by atoms with van der Waals surface area (Å²) < 4.78 is 5.21. The predicted octanol–water partition coefficient (Wildman–Crippen LogP) is 3.34. The van der Waals surface area contributed by atoms with Gasteiger partial charge in [0.15, 0.2) is 5.82 Å². The van der Waals surface area contributed by atoms with Crippen molar-refractivity contribution < 1.29 is 4.74 Å². The molecule has 0 spiro atoms. The van der Waals surface area contributed by atoms with Gasteiger partial charge in [-0.2, -0.15) is 5.10 Å². The second-order valence-electron chi connectivity index (χ2n) is 4.38. The van der Waals surface area contributed by atoms with Crippen LogP contribution in [0.3, 0.4) is 0 Å². The summed E-state index contributed by atoms with van der Waals surface area (Å²) in [5.74, 6) is 1.65. The molecule has 0 aliphatic carbocycles. The lowest BCUT2D eigenvalue weighted by molar-refractivity contribution is 0.415. The first-order valence-corrected chi connectivity index (χ1v) is 6.85. The number of ether oxygens (including phenoxy) is 1. The van der Waals surface area contributed by atoms with E-state index in [-0.39, 0.29) is 0 Å². The van der Waals surface area contributed by atoms with E-state index in [1.807, 2.05) is 12.1 Å². The minimum Gasteiger partial charge on any atom is -0.495 e. The minimum atomic E-state index is 0.449. The lowest BCUT2D eigenvalue weighted by Crippen LogP contribution is -1.99. The van der Waals surface area contributed by atoms with Gasteiger partial charge >= 0.3 is 0 Å². The minimum absolute atomic E-state index is 0.449. The summed E-state index contributed by atoms with van der Waals surface area (Å²) in [7, 11) is 1.58. The number of aromatic nitrogens is 4. The third kappa shape index (κ3) is 3.12. The van der Waals surface area contributed by atoms with Gasteiger partial charge in [-0.05, 0) is 29.8 Å². The molecule has 3 rings (SSSR count). The number of halogens is 1. The fourth-order valence-electron chi connectivity index (χ4n) is 1.86. The molecule has 0 saturated carbocycles. The fraction of sp³-hybridized carbons (Fsp3) is 0.0667. The summed E-state index contributed by atoms with van der Waals surface area (Å²) >= 11 is 6.02. The van der Waals surface area contributed by atoms with Gasteiger partial charge in [0.2, 0.25) is 5.95 Å². The Bertz CT molecular complexity index is 765. The van der Waals surface area contributed by atoms with Crippen molar-refractivity contribution in [3.05, 3.63) is 53.9 Å². The van der Waals surface area contributed by atoms with E-state index in [1.54, 1.807) is 43.9 Å². The Morgan fingerprint density at radius 3 is 2.59 bits per heavy atom. The van der Waals surface area contributed by atoms with E-state index in [9.17, 15) is 0 Å². The average Bonchev–Trinajstić information content (AvgIpc) is 2.57. The van der Waals surface area contributed by atoms with Crippen molar-refractivity contribution in [1.29, 1.82) is 0 Å². The van der Waals surface area contributed by atoms with Crippen LogP contribution in [0.1, 0.15) is 0 Å². The number of methoxy groups -OCH3 is 1. The number of rotatable bonds is 4. The molecule has 6 nitrogen and oxygen atoms in total. The van der Waals surface area contributed by atoms with Gasteiger partial charge in [-0.25, -0.2) is 9.97 Å². The molecule has 0 radical (unpaired) electrons. The predicted molar refractivity (Wildman–Crippen MR) is 84.3 cm³/mol. The van der Waals surface area contributed by atoms with E-state index in [1.165, 1.54) is 0 Å². The SMILES string of the molecule is COc1cc(-c2cnc(Nc3cccnn3)nc2)ccc1Cl. The first-order valence-electron chi connectivity index (χ1n) is 6.47. The Morgan fingerprint density at radius 1 is 1.09 bits per heavy atom. The molecular formula is C15H12ClN5O. The van der Waals surface area contributed by atoms with Crippen molar-refractivity contribution in [2.75, 3.05) is 12.4 Å². The van der Waals surface area contributed by atoms with Crippen LogP contribution < -0.4 is 10.1 Å².